The molecule has 1 rings (SSSR count). The molecule has 1 fully saturated rings. The Labute approximate surface area is 110 Å². The predicted molar refractivity (Wildman–Crippen MR) is 73.1 cm³/mol. The van der Waals surface area contributed by atoms with Gasteiger partial charge in [-0.1, -0.05) is 13.0 Å². The van der Waals surface area contributed by atoms with Gasteiger partial charge < -0.3 is 10.1 Å². The van der Waals surface area contributed by atoms with Gasteiger partial charge in [0, 0.05) is 11.5 Å². The van der Waals surface area contributed by atoms with E-state index in [1.165, 1.54) is 0 Å². The summed E-state index contributed by atoms with van der Waals surface area (Å²) in [5, 5.41) is 3.01. The van der Waals surface area contributed by atoms with Gasteiger partial charge in [-0.25, -0.2) is 0 Å². The molecule has 3 heteroatoms. The van der Waals surface area contributed by atoms with E-state index < -0.39 is 5.41 Å². The summed E-state index contributed by atoms with van der Waals surface area (Å²) >= 11 is 0. The van der Waals surface area contributed by atoms with E-state index in [9.17, 15) is 9.59 Å². The van der Waals surface area contributed by atoms with E-state index in [0.717, 1.165) is 19.1 Å². The number of allylic oxidation sites excluding steroid dienone is 1. The van der Waals surface area contributed by atoms with Gasteiger partial charge in [0.1, 0.15) is 6.29 Å². The van der Waals surface area contributed by atoms with Crippen LogP contribution in [0.1, 0.15) is 47.0 Å². The Hall–Kier alpha value is -1.12. The number of amides is 1. The van der Waals surface area contributed by atoms with Crippen LogP contribution in [0, 0.1) is 17.3 Å². The molecule has 3 unspecified atom stereocenters. The number of hydrogen-bond donors (Lipinski definition) is 1. The lowest BCUT2D eigenvalue weighted by atomic mass is 9.63. The van der Waals surface area contributed by atoms with Gasteiger partial charge in [-0.15, -0.1) is 6.58 Å². The van der Waals surface area contributed by atoms with Crippen molar-refractivity contribution in [2.75, 3.05) is 0 Å². The zero-order valence-corrected chi connectivity index (χ0v) is 12.0. The lowest BCUT2D eigenvalue weighted by Gasteiger charge is -2.41. The van der Waals surface area contributed by atoms with Gasteiger partial charge in [-0.2, -0.15) is 0 Å². The molecule has 1 N–H and O–H groups in total. The first-order chi connectivity index (χ1) is 8.23. The molecule has 0 radical (unpaired) electrons. The minimum absolute atomic E-state index is 0.0151. The number of aldehydes is 1. The summed E-state index contributed by atoms with van der Waals surface area (Å²) in [5.74, 6) is 0.131. The van der Waals surface area contributed by atoms with E-state index in [1.54, 1.807) is 0 Å². The van der Waals surface area contributed by atoms with Crippen molar-refractivity contribution in [3.63, 3.8) is 0 Å². The largest absolute Gasteiger partial charge is 0.351 e. The summed E-state index contributed by atoms with van der Waals surface area (Å²) in [6.07, 6.45) is 5.28. The third kappa shape index (κ3) is 3.21. The van der Waals surface area contributed by atoms with Crippen LogP contribution in [-0.2, 0) is 9.59 Å². The number of carbonyl (C=O) groups is 2. The van der Waals surface area contributed by atoms with Crippen LogP contribution < -0.4 is 5.32 Å². The SMILES string of the molecule is C=CC1CCC(C=O)C(C)(C(=O)NC(C)(C)C)C1. The van der Waals surface area contributed by atoms with Crippen molar-refractivity contribution in [2.24, 2.45) is 17.3 Å². The molecule has 18 heavy (non-hydrogen) atoms. The first-order valence-corrected chi connectivity index (χ1v) is 6.63. The van der Waals surface area contributed by atoms with Crippen molar-refractivity contribution in [1.82, 2.24) is 5.32 Å². The second-order valence-corrected chi connectivity index (χ2v) is 6.64. The van der Waals surface area contributed by atoms with Gasteiger partial charge >= 0.3 is 0 Å². The van der Waals surface area contributed by atoms with E-state index in [4.69, 9.17) is 0 Å². The maximum Gasteiger partial charge on any atom is 0.227 e. The summed E-state index contributed by atoms with van der Waals surface area (Å²) in [6, 6.07) is 0. The van der Waals surface area contributed by atoms with Crippen LogP contribution in [0.25, 0.3) is 0 Å². The monoisotopic (exact) mass is 251 g/mol. The Morgan fingerprint density at radius 1 is 1.39 bits per heavy atom. The second-order valence-electron chi connectivity index (χ2n) is 6.64. The average Bonchev–Trinajstić information content (AvgIpc) is 2.26. The molecule has 1 saturated carbocycles. The van der Waals surface area contributed by atoms with Crippen molar-refractivity contribution in [1.29, 1.82) is 0 Å². The summed E-state index contributed by atoms with van der Waals surface area (Å²) in [7, 11) is 0. The molecule has 0 saturated heterocycles. The summed E-state index contributed by atoms with van der Waals surface area (Å²) in [5.41, 5.74) is -0.874. The van der Waals surface area contributed by atoms with Gasteiger partial charge in [-0.3, -0.25) is 4.79 Å². The van der Waals surface area contributed by atoms with Crippen molar-refractivity contribution >= 4 is 12.2 Å². The Kier molecular flexibility index (Phi) is 4.36. The molecule has 102 valence electrons. The van der Waals surface area contributed by atoms with Crippen LogP contribution in [0.15, 0.2) is 12.7 Å². The van der Waals surface area contributed by atoms with Crippen LogP contribution in [0.4, 0.5) is 0 Å². The highest BCUT2D eigenvalue weighted by molar-refractivity contribution is 5.86. The van der Waals surface area contributed by atoms with Crippen molar-refractivity contribution in [3.05, 3.63) is 12.7 Å². The first kappa shape index (κ1) is 14.9. The maximum absolute atomic E-state index is 12.5. The maximum atomic E-state index is 12.5. The first-order valence-electron chi connectivity index (χ1n) is 6.63. The van der Waals surface area contributed by atoms with Crippen molar-refractivity contribution < 1.29 is 9.59 Å². The van der Waals surface area contributed by atoms with Crippen LogP contribution >= 0.6 is 0 Å². The highest BCUT2D eigenvalue weighted by Gasteiger charge is 2.45. The standard InChI is InChI=1S/C15H25NO2/c1-6-11-7-8-12(10-17)15(5,9-11)13(18)16-14(2,3)4/h6,10-12H,1,7-9H2,2-5H3,(H,16,18). The highest BCUT2D eigenvalue weighted by atomic mass is 16.2. The van der Waals surface area contributed by atoms with Gasteiger partial charge in [-0.05, 0) is 46.0 Å². The number of rotatable bonds is 3. The van der Waals surface area contributed by atoms with Crippen LogP contribution in [0.3, 0.4) is 0 Å². The average molecular weight is 251 g/mol. The van der Waals surface area contributed by atoms with Gasteiger partial charge in [0.25, 0.3) is 0 Å². The molecule has 3 nitrogen and oxygen atoms in total. The topological polar surface area (TPSA) is 46.2 Å². The molecular weight excluding hydrogens is 226 g/mol. The summed E-state index contributed by atoms with van der Waals surface area (Å²) in [4.78, 5) is 23.7. The zero-order valence-electron chi connectivity index (χ0n) is 12.0. The lowest BCUT2D eigenvalue weighted by Crippen LogP contribution is -2.53. The molecule has 1 aliphatic rings. The third-order valence-corrected chi connectivity index (χ3v) is 3.86. The fraction of sp³-hybridized carbons (Fsp3) is 0.733. The second kappa shape index (κ2) is 5.25. The molecule has 1 aliphatic carbocycles. The Bertz CT molecular complexity index is 343. The normalized spacial score (nSPS) is 32.7. The molecule has 0 aromatic carbocycles. The fourth-order valence-corrected chi connectivity index (χ4v) is 2.67. The Morgan fingerprint density at radius 2 is 2.00 bits per heavy atom. The fourth-order valence-electron chi connectivity index (χ4n) is 2.67. The quantitative estimate of drug-likeness (QED) is 0.619. The molecule has 0 bridgehead atoms. The minimum atomic E-state index is -0.605. The molecule has 0 aromatic heterocycles. The van der Waals surface area contributed by atoms with E-state index in [2.05, 4.69) is 11.9 Å². The number of carbonyl (C=O) groups excluding carboxylic acids is 2. The predicted octanol–water partition coefficient (Wildman–Crippen LogP) is 2.71. The number of nitrogens with one attached hydrogen (secondary N) is 1. The molecule has 0 aromatic rings. The van der Waals surface area contributed by atoms with Gasteiger partial charge in [0.05, 0.1) is 5.41 Å². The summed E-state index contributed by atoms with van der Waals surface area (Å²) < 4.78 is 0. The van der Waals surface area contributed by atoms with E-state index in [0.29, 0.717) is 12.3 Å². The van der Waals surface area contributed by atoms with E-state index in [-0.39, 0.29) is 17.4 Å². The summed E-state index contributed by atoms with van der Waals surface area (Å²) in [6.45, 7) is 11.6. The van der Waals surface area contributed by atoms with E-state index in [1.807, 2.05) is 33.8 Å². The molecule has 0 heterocycles. The smallest absolute Gasteiger partial charge is 0.227 e. The Morgan fingerprint density at radius 3 is 2.44 bits per heavy atom. The molecular formula is C15H25NO2. The van der Waals surface area contributed by atoms with Crippen LogP contribution in [0.2, 0.25) is 0 Å². The van der Waals surface area contributed by atoms with E-state index >= 15 is 0 Å². The van der Waals surface area contributed by atoms with Crippen LogP contribution in [-0.4, -0.2) is 17.7 Å². The zero-order chi connectivity index (χ0) is 14.0. The third-order valence-electron chi connectivity index (χ3n) is 3.86. The molecule has 1 amide bonds. The van der Waals surface area contributed by atoms with Gasteiger partial charge in [0.15, 0.2) is 0 Å². The Balaban J connectivity index is 2.93. The van der Waals surface area contributed by atoms with Gasteiger partial charge in [0.2, 0.25) is 5.91 Å². The molecule has 0 spiro atoms. The van der Waals surface area contributed by atoms with Crippen LogP contribution in [0.5, 0.6) is 0 Å². The number of hydrogen-bond acceptors (Lipinski definition) is 2. The van der Waals surface area contributed by atoms with Crippen molar-refractivity contribution in [2.45, 2.75) is 52.5 Å². The molecule has 0 aliphatic heterocycles. The lowest BCUT2D eigenvalue weighted by molar-refractivity contribution is -0.141. The highest BCUT2D eigenvalue weighted by Crippen LogP contribution is 2.43. The van der Waals surface area contributed by atoms with Crippen molar-refractivity contribution in [3.8, 4) is 0 Å². The molecule has 3 atom stereocenters. The minimum Gasteiger partial charge on any atom is -0.351 e.